The Hall–Kier alpha value is -1.94. The molecule has 0 amide bonds. The predicted molar refractivity (Wildman–Crippen MR) is 84.2 cm³/mol. The summed E-state index contributed by atoms with van der Waals surface area (Å²) in [7, 11) is -2.36. The van der Waals surface area contributed by atoms with E-state index in [2.05, 4.69) is 4.72 Å². The van der Waals surface area contributed by atoms with Crippen molar-refractivity contribution in [1.82, 2.24) is 4.72 Å². The third kappa shape index (κ3) is 4.54. The molecule has 1 aliphatic rings. The van der Waals surface area contributed by atoms with Crippen LogP contribution >= 0.6 is 0 Å². The monoisotopic (exact) mass is 357 g/mol. The molecule has 0 aromatic heterocycles. The Labute approximate surface area is 139 Å². The van der Waals surface area contributed by atoms with Crippen molar-refractivity contribution in [3.05, 3.63) is 36.4 Å². The van der Waals surface area contributed by atoms with Crippen LogP contribution in [0.3, 0.4) is 0 Å². The maximum Gasteiger partial charge on any atom is 0.306 e. The minimum Gasteiger partial charge on any atom is -0.497 e. The van der Waals surface area contributed by atoms with E-state index in [1.54, 1.807) is 0 Å². The van der Waals surface area contributed by atoms with E-state index >= 15 is 0 Å². The van der Waals surface area contributed by atoms with Crippen molar-refractivity contribution < 1.29 is 32.9 Å². The molecule has 0 fully saturated rings. The molecule has 3 N–H and O–H groups in total. The topological polar surface area (TPSA) is 122 Å². The lowest BCUT2D eigenvalue weighted by atomic mass is 10.1. The fraction of sp³-hybridized carbons (Fsp3) is 0.400. The van der Waals surface area contributed by atoms with Gasteiger partial charge in [0.05, 0.1) is 37.2 Å². The molecule has 0 spiro atoms. The molecule has 8 nitrogen and oxygen atoms in total. The molecule has 132 valence electrons. The summed E-state index contributed by atoms with van der Waals surface area (Å²) in [6, 6.07) is 5.04. The molecule has 1 aliphatic heterocycles. The van der Waals surface area contributed by atoms with Crippen molar-refractivity contribution in [3.8, 4) is 5.75 Å². The second kappa shape index (κ2) is 7.75. The molecule has 1 heterocycles. The van der Waals surface area contributed by atoms with Crippen molar-refractivity contribution >= 4 is 16.0 Å². The van der Waals surface area contributed by atoms with E-state index in [1.807, 2.05) is 0 Å². The summed E-state index contributed by atoms with van der Waals surface area (Å²) in [5, 5.41) is 18.2. The van der Waals surface area contributed by atoms with Crippen molar-refractivity contribution in [2.24, 2.45) is 0 Å². The molecule has 24 heavy (non-hydrogen) atoms. The summed E-state index contributed by atoms with van der Waals surface area (Å²) in [6.07, 6.45) is 1.14. The number of methoxy groups -OCH3 is 1. The first-order chi connectivity index (χ1) is 11.4. The number of hydrogen-bond donors (Lipinski definition) is 3. The van der Waals surface area contributed by atoms with Crippen LogP contribution in [0.2, 0.25) is 0 Å². The number of aliphatic hydroxyl groups is 1. The SMILES string of the molecule is COc1ccc(S(=O)(=O)N[C@H]2C=C[C@H](CC(=O)O)O[C@H]2CO)cc1. The van der Waals surface area contributed by atoms with E-state index in [0.29, 0.717) is 5.75 Å². The third-order valence-electron chi connectivity index (χ3n) is 3.50. The predicted octanol–water partition coefficient (Wildman–Crippen LogP) is 0.133. The van der Waals surface area contributed by atoms with Gasteiger partial charge >= 0.3 is 5.97 Å². The van der Waals surface area contributed by atoms with Gasteiger partial charge in [-0.1, -0.05) is 12.2 Å². The maximum absolute atomic E-state index is 12.4. The number of carboxylic acid groups (broad SMARTS) is 1. The van der Waals surface area contributed by atoms with Gasteiger partial charge in [0.25, 0.3) is 0 Å². The van der Waals surface area contributed by atoms with Gasteiger partial charge in [-0.05, 0) is 24.3 Å². The van der Waals surface area contributed by atoms with Crippen LogP contribution in [-0.2, 0) is 19.6 Å². The minimum atomic E-state index is -3.83. The van der Waals surface area contributed by atoms with Crippen molar-refractivity contribution in [1.29, 1.82) is 0 Å². The first-order valence-electron chi connectivity index (χ1n) is 7.18. The summed E-state index contributed by atoms with van der Waals surface area (Å²) in [4.78, 5) is 10.8. The Morgan fingerprint density at radius 2 is 1.96 bits per heavy atom. The number of nitrogens with one attached hydrogen (secondary N) is 1. The number of rotatable bonds is 7. The van der Waals surface area contributed by atoms with Crippen molar-refractivity contribution in [3.63, 3.8) is 0 Å². The van der Waals surface area contributed by atoms with E-state index in [9.17, 15) is 18.3 Å². The van der Waals surface area contributed by atoms with Gasteiger partial charge < -0.3 is 19.7 Å². The highest BCUT2D eigenvalue weighted by atomic mass is 32.2. The van der Waals surface area contributed by atoms with Gasteiger partial charge in [-0.2, -0.15) is 0 Å². The van der Waals surface area contributed by atoms with Crippen LogP contribution in [0.5, 0.6) is 5.75 Å². The molecule has 1 aromatic rings. The molecular weight excluding hydrogens is 338 g/mol. The Balaban J connectivity index is 2.13. The quantitative estimate of drug-likeness (QED) is 0.593. The number of aliphatic hydroxyl groups excluding tert-OH is 1. The largest absolute Gasteiger partial charge is 0.497 e. The Morgan fingerprint density at radius 1 is 1.29 bits per heavy atom. The number of carbonyl (C=O) groups is 1. The van der Waals surface area contributed by atoms with Gasteiger partial charge in [-0.25, -0.2) is 13.1 Å². The Kier molecular flexibility index (Phi) is 5.94. The zero-order valence-electron chi connectivity index (χ0n) is 13.0. The standard InChI is InChI=1S/C15H19NO7S/c1-22-10-2-5-12(6-3-10)24(20,21)16-13-7-4-11(8-15(18)19)23-14(13)9-17/h2-7,11,13-14,16-17H,8-9H2,1H3,(H,18,19)/t11-,13+,14+/m1/s1. The Morgan fingerprint density at radius 3 is 2.50 bits per heavy atom. The summed E-state index contributed by atoms with van der Waals surface area (Å²) in [5.74, 6) is -0.516. The zero-order valence-corrected chi connectivity index (χ0v) is 13.8. The average Bonchev–Trinajstić information content (AvgIpc) is 2.55. The van der Waals surface area contributed by atoms with Crippen LogP contribution in [-0.4, -0.2) is 56.6 Å². The number of benzene rings is 1. The van der Waals surface area contributed by atoms with Crippen molar-refractivity contribution in [2.45, 2.75) is 29.6 Å². The fourth-order valence-corrected chi connectivity index (χ4v) is 3.50. The van der Waals surface area contributed by atoms with Gasteiger partial charge in [0.15, 0.2) is 0 Å². The molecule has 1 aromatic carbocycles. The van der Waals surface area contributed by atoms with Gasteiger partial charge in [0.1, 0.15) is 11.9 Å². The highest BCUT2D eigenvalue weighted by Crippen LogP contribution is 2.19. The van der Waals surface area contributed by atoms with Crippen LogP contribution in [0, 0.1) is 0 Å². The van der Waals surface area contributed by atoms with Crippen LogP contribution in [0.4, 0.5) is 0 Å². The molecular formula is C15H19NO7S. The maximum atomic E-state index is 12.4. The first kappa shape index (κ1) is 18.4. The highest BCUT2D eigenvalue weighted by molar-refractivity contribution is 7.89. The molecule has 0 unspecified atom stereocenters. The number of aliphatic carboxylic acids is 1. The molecule has 0 saturated carbocycles. The lowest BCUT2D eigenvalue weighted by Crippen LogP contribution is -2.48. The van der Waals surface area contributed by atoms with Crippen LogP contribution in [0.25, 0.3) is 0 Å². The lowest BCUT2D eigenvalue weighted by Gasteiger charge is -2.31. The van der Waals surface area contributed by atoms with Crippen molar-refractivity contribution in [2.75, 3.05) is 13.7 Å². The first-order valence-corrected chi connectivity index (χ1v) is 8.67. The van der Waals surface area contributed by atoms with Gasteiger partial charge in [0, 0.05) is 0 Å². The second-order valence-corrected chi connectivity index (χ2v) is 6.91. The van der Waals surface area contributed by atoms with Crippen LogP contribution in [0.15, 0.2) is 41.3 Å². The number of ether oxygens (including phenoxy) is 2. The van der Waals surface area contributed by atoms with E-state index < -0.39 is 40.8 Å². The average molecular weight is 357 g/mol. The normalized spacial score (nSPS) is 23.8. The molecule has 0 bridgehead atoms. The van der Waals surface area contributed by atoms with Gasteiger partial charge in [-0.3, -0.25) is 4.79 Å². The van der Waals surface area contributed by atoms with E-state index in [0.717, 1.165) is 0 Å². The van der Waals surface area contributed by atoms with Gasteiger partial charge in [0.2, 0.25) is 10.0 Å². The molecule has 0 saturated heterocycles. The van der Waals surface area contributed by atoms with Gasteiger partial charge in [-0.15, -0.1) is 0 Å². The summed E-state index contributed by atoms with van der Waals surface area (Å²) in [6.45, 7) is -0.448. The third-order valence-corrected chi connectivity index (χ3v) is 4.98. The van der Waals surface area contributed by atoms with Crippen LogP contribution in [0.1, 0.15) is 6.42 Å². The molecule has 9 heteroatoms. The van der Waals surface area contributed by atoms with E-state index in [-0.39, 0.29) is 11.3 Å². The molecule has 0 radical (unpaired) electrons. The highest BCUT2D eigenvalue weighted by Gasteiger charge is 2.31. The number of hydrogen-bond acceptors (Lipinski definition) is 6. The molecule has 2 rings (SSSR count). The summed E-state index contributed by atoms with van der Waals surface area (Å²) in [5.41, 5.74) is 0. The number of sulfonamides is 1. The van der Waals surface area contributed by atoms with E-state index in [4.69, 9.17) is 14.6 Å². The lowest BCUT2D eigenvalue weighted by molar-refractivity contribution is -0.141. The second-order valence-electron chi connectivity index (χ2n) is 5.20. The smallest absolute Gasteiger partial charge is 0.306 e. The zero-order chi connectivity index (χ0) is 17.7. The van der Waals surface area contributed by atoms with Crippen LogP contribution < -0.4 is 9.46 Å². The fourth-order valence-electron chi connectivity index (χ4n) is 2.28. The number of carboxylic acids is 1. The minimum absolute atomic E-state index is 0.0426. The summed E-state index contributed by atoms with van der Waals surface area (Å²) >= 11 is 0. The summed E-state index contributed by atoms with van der Waals surface area (Å²) < 4.78 is 37.6. The molecule has 3 atom stereocenters. The Bertz CT molecular complexity index is 699. The molecule has 0 aliphatic carbocycles. The van der Waals surface area contributed by atoms with E-state index in [1.165, 1.54) is 43.5 Å².